The van der Waals surface area contributed by atoms with Crippen LogP contribution >= 0.6 is 0 Å². The Balaban J connectivity index is 2.77. The first-order valence-corrected chi connectivity index (χ1v) is 5.58. The third-order valence-electron chi connectivity index (χ3n) is 2.40. The van der Waals surface area contributed by atoms with Crippen molar-refractivity contribution in [1.29, 1.82) is 0 Å². The van der Waals surface area contributed by atoms with Crippen LogP contribution in [0.15, 0.2) is 17.3 Å². The third kappa shape index (κ3) is 4.88. The van der Waals surface area contributed by atoms with E-state index in [1.165, 1.54) is 13.8 Å². The number of hydrogen-bond acceptors (Lipinski definition) is 5. The van der Waals surface area contributed by atoms with Gasteiger partial charge >= 0.3 is 11.9 Å². The first kappa shape index (κ1) is 14.1. The minimum atomic E-state index is -0.460. The summed E-state index contributed by atoms with van der Waals surface area (Å²) in [6.07, 6.45) is 3.16. The van der Waals surface area contributed by atoms with Gasteiger partial charge < -0.3 is 9.47 Å². The molecule has 1 rings (SSSR count). The van der Waals surface area contributed by atoms with Crippen molar-refractivity contribution in [2.45, 2.75) is 44.9 Å². The van der Waals surface area contributed by atoms with Crippen molar-refractivity contribution >= 4 is 11.9 Å². The predicted octanol–water partition coefficient (Wildman–Crippen LogP) is 1.88. The van der Waals surface area contributed by atoms with Crippen LogP contribution in [0.25, 0.3) is 10.4 Å². The highest BCUT2D eigenvalue weighted by Crippen LogP contribution is 2.20. The van der Waals surface area contributed by atoms with Crippen molar-refractivity contribution < 1.29 is 19.1 Å². The molecule has 0 N–H and O–H groups in total. The molecule has 1 aliphatic rings. The van der Waals surface area contributed by atoms with Crippen LogP contribution < -0.4 is 0 Å². The highest BCUT2D eigenvalue weighted by Gasteiger charge is 2.24. The molecule has 0 radical (unpaired) electrons. The molecule has 18 heavy (non-hydrogen) atoms. The summed E-state index contributed by atoms with van der Waals surface area (Å²) in [5.41, 5.74) is 8.47. The molecular weight excluding hydrogens is 238 g/mol. The fraction of sp³-hybridized carbons (Fsp3) is 0.636. The van der Waals surface area contributed by atoms with Gasteiger partial charge in [0.2, 0.25) is 0 Å². The SMILES string of the molecule is CC(=O)O[C@@H]1C=C[C@H](OC(C)=O)CC(N=[N+]=[N-])C1. The first-order chi connectivity index (χ1) is 8.51. The second-order valence-corrected chi connectivity index (χ2v) is 4.01. The maximum Gasteiger partial charge on any atom is 0.303 e. The lowest BCUT2D eigenvalue weighted by Gasteiger charge is -2.16. The molecule has 7 nitrogen and oxygen atoms in total. The van der Waals surface area contributed by atoms with E-state index in [0.29, 0.717) is 12.8 Å². The van der Waals surface area contributed by atoms with Crippen LogP contribution in [0.5, 0.6) is 0 Å². The van der Waals surface area contributed by atoms with Crippen molar-refractivity contribution in [2.75, 3.05) is 0 Å². The molecule has 0 aliphatic heterocycles. The zero-order valence-electron chi connectivity index (χ0n) is 10.3. The normalized spacial score (nSPS) is 26.7. The van der Waals surface area contributed by atoms with Crippen LogP contribution in [0.3, 0.4) is 0 Å². The number of carbonyl (C=O) groups excluding carboxylic acids is 2. The molecular formula is C11H15N3O4. The summed E-state index contributed by atoms with van der Waals surface area (Å²) in [6, 6.07) is -0.376. The van der Waals surface area contributed by atoms with E-state index in [9.17, 15) is 9.59 Å². The molecule has 7 heteroatoms. The number of rotatable bonds is 3. The van der Waals surface area contributed by atoms with E-state index in [1.54, 1.807) is 12.2 Å². The molecule has 3 atom stereocenters. The van der Waals surface area contributed by atoms with E-state index < -0.39 is 24.1 Å². The minimum absolute atomic E-state index is 0.376. The van der Waals surface area contributed by atoms with Crippen molar-refractivity contribution in [2.24, 2.45) is 5.11 Å². The maximum absolute atomic E-state index is 10.9. The predicted molar refractivity (Wildman–Crippen MR) is 62.4 cm³/mol. The largest absolute Gasteiger partial charge is 0.458 e. The Kier molecular flexibility index (Phi) is 5.20. The molecule has 0 amide bonds. The summed E-state index contributed by atoms with van der Waals surface area (Å²) >= 11 is 0. The summed E-state index contributed by atoms with van der Waals surface area (Å²) in [5, 5.41) is 3.62. The summed E-state index contributed by atoms with van der Waals surface area (Å²) in [7, 11) is 0. The van der Waals surface area contributed by atoms with Gasteiger partial charge in [0, 0.05) is 24.8 Å². The molecule has 98 valence electrons. The lowest BCUT2D eigenvalue weighted by Crippen LogP contribution is -2.21. The molecule has 0 spiro atoms. The Bertz CT molecular complexity index is 373. The fourth-order valence-electron chi connectivity index (χ4n) is 1.81. The number of azide groups is 1. The van der Waals surface area contributed by atoms with E-state index in [2.05, 4.69) is 10.0 Å². The second kappa shape index (κ2) is 6.66. The van der Waals surface area contributed by atoms with Crippen molar-refractivity contribution in [3.05, 3.63) is 22.6 Å². The van der Waals surface area contributed by atoms with E-state index in [1.807, 2.05) is 0 Å². The summed E-state index contributed by atoms with van der Waals surface area (Å²) in [5.74, 6) is -0.814. The molecule has 0 heterocycles. The Morgan fingerprint density at radius 3 is 1.94 bits per heavy atom. The smallest absolute Gasteiger partial charge is 0.303 e. The molecule has 1 unspecified atom stereocenters. The summed E-state index contributed by atoms with van der Waals surface area (Å²) < 4.78 is 10.1. The quantitative estimate of drug-likeness (QED) is 0.252. The molecule has 0 fully saturated rings. The molecule has 0 aromatic heterocycles. The zero-order valence-corrected chi connectivity index (χ0v) is 10.3. The highest BCUT2D eigenvalue weighted by molar-refractivity contribution is 5.67. The lowest BCUT2D eigenvalue weighted by molar-refractivity contribution is -0.145. The number of carbonyl (C=O) groups is 2. The van der Waals surface area contributed by atoms with Crippen molar-refractivity contribution in [3.63, 3.8) is 0 Å². The highest BCUT2D eigenvalue weighted by atomic mass is 16.5. The fourth-order valence-corrected chi connectivity index (χ4v) is 1.81. The van der Waals surface area contributed by atoms with E-state index in [4.69, 9.17) is 15.0 Å². The molecule has 0 aromatic carbocycles. The molecule has 0 saturated heterocycles. The average Bonchev–Trinajstić information content (AvgIpc) is 2.40. The van der Waals surface area contributed by atoms with Crippen LogP contribution in [0, 0.1) is 0 Å². The Morgan fingerprint density at radius 2 is 1.61 bits per heavy atom. The maximum atomic E-state index is 10.9. The van der Waals surface area contributed by atoms with E-state index in [0.717, 1.165) is 0 Å². The zero-order chi connectivity index (χ0) is 13.5. The second-order valence-electron chi connectivity index (χ2n) is 4.01. The number of esters is 2. The van der Waals surface area contributed by atoms with Gasteiger partial charge in [-0.3, -0.25) is 9.59 Å². The van der Waals surface area contributed by atoms with E-state index in [-0.39, 0.29) is 6.04 Å². The molecule has 1 aliphatic carbocycles. The molecule has 0 bridgehead atoms. The number of ether oxygens (including phenoxy) is 2. The van der Waals surface area contributed by atoms with Gasteiger partial charge in [-0.05, 0) is 30.5 Å². The number of nitrogens with zero attached hydrogens (tertiary/aromatic N) is 3. The average molecular weight is 253 g/mol. The monoisotopic (exact) mass is 253 g/mol. The number of hydrogen-bond donors (Lipinski definition) is 0. The first-order valence-electron chi connectivity index (χ1n) is 5.58. The van der Waals surface area contributed by atoms with Crippen LogP contribution in [-0.4, -0.2) is 30.2 Å². The van der Waals surface area contributed by atoms with Crippen LogP contribution in [0.4, 0.5) is 0 Å². The van der Waals surface area contributed by atoms with Gasteiger partial charge in [0.05, 0.1) is 0 Å². The van der Waals surface area contributed by atoms with Gasteiger partial charge in [-0.1, -0.05) is 5.11 Å². The Labute approximate surface area is 104 Å². The topological polar surface area (TPSA) is 101 Å². The van der Waals surface area contributed by atoms with Crippen molar-refractivity contribution in [1.82, 2.24) is 0 Å². The molecule has 0 saturated carbocycles. The van der Waals surface area contributed by atoms with E-state index >= 15 is 0 Å². The summed E-state index contributed by atoms with van der Waals surface area (Å²) in [4.78, 5) is 24.6. The van der Waals surface area contributed by atoms with Crippen molar-refractivity contribution in [3.8, 4) is 0 Å². The van der Waals surface area contributed by atoms with Crippen LogP contribution in [0.1, 0.15) is 26.7 Å². The molecule has 0 aromatic rings. The van der Waals surface area contributed by atoms with Crippen LogP contribution in [-0.2, 0) is 19.1 Å². The Morgan fingerprint density at radius 1 is 1.17 bits per heavy atom. The third-order valence-corrected chi connectivity index (χ3v) is 2.40. The van der Waals surface area contributed by atoms with Gasteiger partial charge in [0.1, 0.15) is 12.2 Å². The van der Waals surface area contributed by atoms with Gasteiger partial charge in [0.25, 0.3) is 0 Å². The standard InChI is InChI=1S/C11H15N3O4/c1-7(15)17-10-3-4-11(18-8(2)16)6-9(5-10)13-14-12/h3-4,9-11H,5-6H2,1-2H3/t9?,10-,11+. The minimum Gasteiger partial charge on any atom is -0.458 e. The van der Waals surface area contributed by atoms with Gasteiger partial charge in [-0.25, -0.2) is 0 Å². The lowest BCUT2D eigenvalue weighted by atomic mass is 10.1. The summed E-state index contributed by atoms with van der Waals surface area (Å²) in [6.45, 7) is 2.62. The van der Waals surface area contributed by atoms with Gasteiger partial charge in [-0.15, -0.1) is 0 Å². The van der Waals surface area contributed by atoms with Gasteiger partial charge in [-0.2, -0.15) is 0 Å². The Hall–Kier alpha value is -2.01. The van der Waals surface area contributed by atoms with Gasteiger partial charge in [0.15, 0.2) is 0 Å². The van der Waals surface area contributed by atoms with Crippen LogP contribution in [0.2, 0.25) is 0 Å².